The molecule has 0 heterocycles. The standard InChI is InChI=1S/C18H20N2O3/c19-18(21)20(22)15-9-6-14(12-15)13-7-10-17(11-8-13)23-16-4-2-1-3-5-16/h1-5,7-8,10-11,14-15,22H,6,9,12H2,(H2,19,21)/t14-,15+/m1/s1. The molecule has 5 nitrogen and oxygen atoms in total. The second kappa shape index (κ2) is 6.71. The number of urea groups is 1. The average molecular weight is 312 g/mol. The first-order valence-corrected chi connectivity index (χ1v) is 7.74. The monoisotopic (exact) mass is 312 g/mol. The molecule has 3 N–H and O–H groups in total. The highest BCUT2D eigenvalue weighted by Crippen LogP contribution is 2.37. The number of nitrogens with two attached hydrogens (primary N) is 1. The maximum absolute atomic E-state index is 11.0. The summed E-state index contributed by atoms with van der Waals surface area (Å²) in [4.78, 5) is 11.0. The molecule has 2 aromatic carbocycles. The van der Waals surface area contributed by atoms with Gasteiger partial charge in [-0.05, 0) is 55.0 Å². The van der Waals surface area contributed by atoms with Gasteiger partial charge in [0, 0.05) is 0 Å². The third kappa shape index (κ3) is 3.63. The Morgan fingerprint density at radius 2 is 1.70 bits per heavy atom. The van der Waals surface area contributed by atoms with Gasteiger partial charge in [0.15, 0.2) is 0 Å². The molecule has 2 aromatic rings. The minimum absolute atomic E-state index is 0.197. The summed E-state index contributed by atoms with van der Waals surface area (Å²) in [5.41, 5.74) is 6.30. The van der Waals surface area contributed by atoms with Gasteiger partial charge < -0.3 is 10.5 Å². The number of amides is 2. The summed E-state index contributed by atoms with van der Waals surface area (Å²) in [6.07, 6.45) is 2.40. The second-order valence-corrected chi connectivity index (χ2v) is 5.83. The predicted molar refractivity (Wildman–Crippen MR) is 86.5 cm³/mol. The number of hydrogen-bond donors (Lipinski definition) is 2. The molecule has 0 unspecified atom stereocenters. The van der Waals surface area contributed by atoms with E-state index in [-0.39, 0.29) is 6.04 Å². The van der Waals surface area contributed by atoms with E-state index in [0.717, 1.165) is 30.8 Å². The first-order chi connectivity index (χ1) is 11.1. The van der Waals surface area contributed by atoms with Crippen molar-refractivity contribution in [2.75, 3.05) is 0 Å². The van der Waals surface area contributed by atoms with E-state index in [1.54, 1.807) is 0 Å². The van der Waals surface area contributed by atoms with Crippen LogP contribution in [0.3, 0.4) is 0 Å². The van der Waals surface area contributed by atoms with Gasteiger partial charge in [0.05, 0.1) is 6.04 Å². The third-order valence-electron chi connectivity index (χ3n) is 4.31. The van der Waals surface area contributed by atoms with Crippen molar-refractivity contribution in [3.8, 4) is 11.5 Å². The summed E-state index contributed by atoms with van der Waals surface area (Å²) in [5, 5.41) is 10.3. The third-order valence-corrected chi connectivity index (χ3v) is 4.31. The Kier molecular flexibility index (Phi) is 4.48. The molecule has 1 saturated carbocycles. The molecular weight excluding hydrogens is 292 g/mol. The number of ether oxygens (including phenoxy) is 1. The van der Waals surface area contributed by atoms with Gasteiger partial charge in [-0.15, -0.1) is 0 Å². The van der Waals surface area contributed by atoms with Crippen LogP contribution in [0.2, 0.25) is 0 Å². The maximum Gasteiger partial charge on any atom is 0.338 e. The van der Waals surface area contributed by atoms with E-state index in [1.165, 1.54) is 5.56 Å². The van der Waals surface area contributed by atoms with E-state index < -0.39 is 6.03 Å². The predicted octanol–water partition coefficient (Wildman–Crippen LogP) is 3.88. The zero-order chi connectivity index (χ0) is 16.2. The van der Waals surface area contributed by atoms with Gasteiger partial charge in [0.25, 0.3) is 0 Å². The number of carbonyl (C=O) groups excluding carboxylic acids is 1. The lowest BCUT2D eigenvalue weighted by atomic mass is 9.97. The molecule has 2 amide bonds. The number of primary amides is 1. The summed E-state index contributed by atoms with van der Waals surface area (Å²) < 4.78 is 5.78. The summed E-state index contributed by atoms with van der Waals surface area (Å²) in [6, 6.07) is 16.6. The van der Waals surface area contributed by atoms with Gasteiger partial charge >= 0.3 is 6.03 Å². The highest BCUT2D eigenvalue weighted by Gasteiger charge is 2.31. The Balaban J connectivity index is 1.63. The number of rotatable bonds is 4. The molecule has 0 saturated heterocycles. The minimum Gasteiger partial charge on any atom is -0.457 e. The van der Waals surface area contributed by atoms with Crippen LogP contribution in [0.25, 0.3) is 0 Å². The molecule has 0 aliphatic heterocycles. The van der Waals surface area contributed by atoms with Gasteiger partial charge in [-0.25, -0.2) is 9.86 Å². The lowest BCUT2D eigenvalue weighted by Gasteiger charge is -2.20. The zero-order valence-corrected chi connectivity index (χ0v) is 12.8. The van der Waals surface area contributed by atoms with Crippen molar-refractivity contribution in [3.63, 3.8) is 0 Å². The summed E-state index contributed by atoms with van der Waals surface area (Å²) in [5.74, 6) is 1.91. The van der Waals surface area contributed by atoms with Crippen molar-refractivity contribution in [1.82, 2.24) is 5.06 Å². The highest BCUT2D eigenvalue weighted by molar-refractivity contribution is 5.71. The zero-order valence-electron chi connectivity index (χ0n) is 12.8. The lowest BCUT2D eigenvalue weighted by Crippen LogP contribution is -2.39. The van der Waals surface area contributed by atoms with Crippen LogP contribution < -0.4 is 10.5 Å². The number of benzene rings is 2. The Morgan fingerprint density at radius 1 is 1.04 bits per heavy atom. The van der Waals surface area contributed by atoms with Crippen LogP contribution in [-0.2, 0) is 0 Å². The molecule has 0 spiro atoms. The minimum atomic E-state index is -0.790. The van der Waals surface area contributed by atoms with Gasteiger partial charge in [0.1, 0.15) is 11.5 Å². The van der Waals surface area contributed by atoms with Crippen LogP contribution in [0.15, 0.2) is 54.6 Å². The highest BCUT2D eigenvalue weighted by atomic mass is 16.5. The Morgan fingerprint density at radius 3 is 2.35 bits per heavy atom. The first-order valence-electron chi connectivity index (χ1n) is 7.74. The van der Waals surface area contributed by atoms with Crippen molar-refractivity contribution < 1.29 is 14.7 Å². The quantitative estimate of drug-likeness (QED) is 0.664. The van der Waals surface area contributed by atoms with E-state index in [0.29, 0.717) is 11.0 Å². The van der Waals surface area contributed by atoms with Crippen LogP contribution in [0.4, 0.5) is 4.79 Å². The number of nitrogens with zero attached hydrogens (tertiary/aromatic N) is 1. The van der Waals surface area contributed by atoms with Gasteiger partial charge in [-0.3, -0.25) is 5.21 Å². The molecule has 1 aliphatic rings. The summed E-state index contributed by atoms with van der Waals surface area (Å²) >= 11 is 0. The molecule has 1 fully saturated rings. The normalized spacial score (nSPS) is 20.2. The van der Waals surface area contributed by atoms with Gasteiger partial charge in [-0.1, -0.05) is 30.3 Å². The van der Waals surface area contributed by atoms with Crippen molar-refractivity contribution in [2.45, 2.75) is 31.2 Å². The second-order valence-electron chi connectivity index (χ2n) is 5.83. The van der Waals surface area contributed by atoms with E-state index >= 15 is 0 Å². The fraction of sp³-hybridized carbons (Fsp3) is 0.278. The number of hydrogen-bond acceptors (Lipinski definition) is 3. The molecule has 2 atom stereocenters. The van der Waals surface area contributed by atoms with Crippen molar-refractivity contribution in [2.24, 2.45) is 5.73 Å². The van der Waals surface area contributed by atoms with E-state index in [9.17, 15) is 10.0 Å². The maximum atomic E-state index is 11.0. The topological polar surface area (TPSA) is 75.8 Å². The van der Waals surface area contributed by atoms with E-state index in [1.807, 2.05) is 54.6 Å². The summed E-state index contributed by atoms with van der Waals surface area (Å²) in [6.45, 7) is 0. The Bertz CT molecular complexity index is 658. The molecule has 23 heavy (non-hydrogen) atoms. The molecule has 0 bridgehead atoms. The summed E-state index contributed by atoms with van der Waals surface area (Å²) in [7, 11) is 0. The average Bonchev–Trinajstić information content (AvgIpc) is 3.05. The van der Waals surface area contributed by atoms with E-state index in [4.69, 9.17) is 10.5 Å². The van der Waals surface area contributed by atoms with Crippen molar-refractivity contribution in [1.29, 1.82) is 0 Å². The molecule has 120 valence electrons. The fourth-order valence-corrected chi connectivity index (χ4v) is 3.10. The largest absolute Gasteiger partial charge is 0.457 e. The molecule has 0 radical (unpaired) electrons. The number of para-hydroxylation sites is 1. The van der Waals surface area contributed by atoms with Gasteiger partial charge in [0.2, 0.25) is 0 Å². The fourth-order valence-electron chi connectivity index (χ4n) is 3.10. The van der Waals surface area contributed by atoms with Crippen LogP contribution in [0.5, 0.6) is 11.5 Å². The Hall–Kier alpha value is -2.53. The Labute approximate surface area is 135 Å². The molecule has 0 aromatic heterocycles. The van der Waals surface area contributed by atoms with Crippen molar-refractivity contribution >= 4 is 6.03 Å². The molecular formula is C18H20N2O3. The number of carbonyl (C=O) groups is 1. The molecule has 3 rings (SSSR count). The van der Waals surface area contributed by atoms with Gasteiger partial charge in [-0.2, -0.15) is 0 Å². The first kappa shape index (κ1) is 15.4. The van der Waals surface area contributed by atoms with Crippen LogP contribution in [0, 0.1) is 0 Å². The van der Waals surface area contributed by atoms with Crippen LogP contribution in [-0.4, -0.2) is 22.3 Å². The van der Waals surface area contributed by atoms with Crippen LogP contribution >= 0.6 is 0 Å². The SMILES string of the molecule is NC(=O)N(O)[C@H]1CC[C@@H](c2ccc(Oc3ccccc3)cc2)C1. The van der Waals surface area contributed by atoms with E-state index in [2.05, 4.69) is 0 Å². The lowest BCUT2D eigenvalue weighted by molar-refractivity contribution is -0.0730. The number of hydroxylamine groups is 2. The van der Waals surface area contributed by atoms with Crippen molar-refractivity contribution in [3.05, 3.63) is 60.2 Å². The molecule has 5 heteroatoms. The smallest absolute Gasteiger partial charge is 0.338 e. The molecule has 1 aliphatic carbocycles. The van der Waals surface area contributed by atoms with Crippen LogP contribution in [0.1, 0.15) is 30.7 Å².